The van der Waals surface area contributed by atoms with E-state index in [0.717, 1.165) is 31.2 Å². The fraction of sp³-hybridized carbons (Fsp3) is 0.556. The van der Waals surface area contributed by atoms with Crippen LogP contribution in [0.5, 0.6) is 0 Å². The van der Waals surface area contributed by atoms with Crippen molar-refractivity contribution in [1.82, 2.24) is 4.90 Å². The minimum Gasteiger partial charge on any atom is -0.469 e. The lowest BCUT2D eigenvalue weighted by Gasteiger charge is -2.29. The van der Waals surface area contributed by atoms with Gasteiger partial charge in [-0.1, -0.05) is 31.4 Å². The first kappa shape index (κ1) is 17.4. The lowest BCUT2D eigenvalue weighted by atomic mass is 9.88. The summed E-state index contributed by atoms with van der Waals surface area (Å²) >= 11 is 0. The molecule has 0 atom stereocenters. The molecular weight excluding hydrogens is 297 g/mol. The molecule has 4 nitrogen and oxygen atoms in total. The van der Waals surface area contributed by atoms with E-state index in [9.17, 15) is 14.0 Å². The van der Waals surface area contributed by atoms with Crippen molar-refractivity contribution in [2.24, 2.45) is 5.92 Å². The Bertz CT molecular complexity index is 524. The van der Waals surface area contributed by atoms with Crippen LogP contribution >= 0.6 is 0 Å². The number of ether oxygens (including phenoxy) is 1. The Labute approximate surface area is 136 Å². The first-order chi connectivity index (χ1) is 11.1. The first-order valence-electron chi connectivity index (χ1n) is 8.20. The number of amides is 1. The van der Waals surface area contributed by atoms with Crippen LogP contribution in [0.3, 0.4) is 0 Å². The van der Waals surface area contributed by atoms with E-state index in [-0.39, 0.29) is 30.0 Å². The molecule has 1 aliphatic rings. The van der Waals surface area contributed by atoms with E-state index < -0.39 is 0 Å². The summed E-state index contributed by atoms with van der Waals surface area (Å²) in [4.78, 5) is 25.9. The van der Waals surface area contributed by atoms with Gasteiger partial charge in [0.15, 0.2) is 0 Å². The highest BCUT2D eigenvalue weighted by molar-refractivity contribution is 5.79. The van der Waals surface area contributed by atoms with Gasteiger partial charge in [0.25, 0.3) is 0 Å². The number of methoxy groups -OCH3 is 1. The average molecular weight is 321 g/mol. The maximum atomic E-state index is 13.0. The van der Waals surface area contributed by atoms with Crippen LogP contribution in [-0.4, -0.2) is 30.4 Å². The van der Waals surface area contributed by atoms with Gasteiger partial charge in [0.05, 0.1) is 13.5 Å². The van der Waals surface area contributed by atoms with E-state index in [4.69, 9.17) is 0 Å². The normalized spacial score (nSPS) is 15.2. The smallest absolute Gasteiger partial charge is 0.307 e. The number of hydrogen-bond donors (Lipinski definition) is 0. The molecule has 1 aliphatic carbocycles. The van der Waals surface area contributed by atoms with E-state index in [1.165, 1.54) is 25.7 Å². The number of nitrogens with zero attached hydrogens (tertiary/aromatic N) is 1. The summed E-state index contributed by atoms with van der Waals surface area (Å²) < 4.78 is 17.7. The molecule has 0 heterocycles. The Morgan fingerprint density at radius 1 is 1.17 bits per heavy atom. The van der Waals surface area contributed by atoms with Crippen molar-refractivity contribution < 1.29 is 18.7 Å². The topological polar surface area (TPSA) is 46.6 Å². The van der Waals surface area contributed by atoms with Gasteiger partial charge < -0.3 is 9.64 Å². The molecule has 126 valence electrons. The molecule has 0 saturated heterocycles. The molecule has 0 aliphatic heterocycles. The van der Waals surface area contributed by atoms with Crippen molar-refractivity contribution >= 4 is 11.9 Å². The molecule has 0 aromatic heterocycles. The zero-order valence-corrected chi connectivity index (χ0v) is 13.6. The van der Waals surface area contributed by atoms with Gasteiger partial charge in [0.1, 0.15) is 5.82 Å². The van der Waals surface area contributed by atoms with Crippen LogP contribution in [0.15, 0.2) is 24.3 Å². The molecule has 1 aromatic rings. The largest absolute Gasteiger partial charge is 0.469 e. The minimum absolute atomic E-state index is 0.0434. The lowest BCUT2D eigenvalue weighted by molar-refractivity contribution is -0.143. The second-order valence-corrected chi connectivity index (χ2v) is 6.05. The molecule has 1 fully saturated rings. The summed E-state index contributed by atoms with van der Waals surface area (Å²) in [6.45, 7) is 0.728. The van der Waals surface area contributed by atoms with Gasteiger partial charge in [-0.25, -0.2) is 4.39 Å². The minimum atomic E-state index is -0.328. The molecular formula is C18H24FNO3. The van der Waals surface area contributed by atoms with Gasteiger partial charge in [-0.15, -0.1) is 0 Å². The summed E-state index contributed by atoms with van der Waals surface area (Å²) in [5, 5.41) is 0. The summed E-state index contributed by atoms with van der Waals surface area (Å²) in [6.07, 6.45) is 5.35. The van der Waals surface area contributed by atoms with Crippen molar-refractivity contribution in [3.05, 3.63) is 35.6 Å². The highest BCUT2D eigenvalue weighted by Crippen LogP contribution is 2.26. The van der Waals surface area contributed by atoms with E-state index in [2.05, 4.69) is 4.74 Å². The average Bonchev–Trinajstić information content (AvgIpc) is 2.60. The van der Waals surface area contributed by atoms with E-state index in [1.807, 2.05) is 0 Å². The van der Waals surface area contributed by atoms with Gasteiger partial charge in [0, 0.05) is 19.0 Å². The number of rotatable bonds is 6. The van der Waals surface area contributed by atoms with Crippen LogP contribution in [-0.2, 0) is 20.9 Å². The van der Waals surface area contributed by atoms with Crippen LogP contribution < -0.4 is 0 Å². The van der Waals surface area contributed by atoms with E-state index in [0.29, 0.717) is 13.1 Å². The predicted octanol–water partition coefficient (Wildman–Crippen LogP) is 3.30. The Morgan fingerprint density at radius 2 is 1.83 bits per heavy atom. The van der Waals surface area contributed by atoms with Crippen LogP contribution in [0.4, 0.5) is 4.39 Å². The fourth-order valence-electron chi connectivity index (χ4n) is 3.01. The molecule has 0 N–H and O–H groups in total. The predicted molar refractivity (Wildman–Crippen MR) is 85.0 cm³/mol. The number of benzene rings is 1. The molecule has 1 amide bonds. The van der Waals surface area contributed by atoms with Crippen LogP contribution in [0.2, 0.25) is 0 Å². The second kappa shape index (κ2) is 8.65. The molecule has 0 bridgehead atoms. The SMILES string of the molecule is COC(=O)CCN(Cc1ccc(F)cc1)C(=O)C1CCCCC1. The zero-order chi connectivity index (χ0) is 16.7. The Kier molecular flexibility index (Phi) is 6.56. The number of carbonyl (C=O) groups is 2. The van der Waals surface area contributed by atoms with Gasteiger partial charge in [0.2, 0.25) is 5.91 Å². The monoisotopic (exact) mass is 321 g/mol. The van der Waals surface area contributed by atoms with Crippen molar-refractivity contribution in [1.29, 1.82) is 0 Å². The van der Waals surface area contributed by atoms with Crippen LogP contribution in [0.1, 0.15) is 44.1 Å². The van der Waals surface area contributed by atoms with Crippen molar-refractivity contribution in [3.63, 3.8) is 0 Å². The van der Waals surface area contributed by atoms with Gasteiger partial charge in [-0.2, -0.15) is 0 Å². The zero-order valence-electron chi connectivity index (χ0n) is 13.6. The lowest BCUT2D eigenvalue weighted by Crippen LogP contribution is -2.38. The molecule has 23 heavy (non-hydrogen) atoms. The molecule has 1 aromatic carbocycles. The molecule has 0 unspecified atom stereocenters. The number of esters is 1. The molecule has 5 heteroatoms. The van der Waals surface area contributed by atoms with Crippen molar-refractivity contribution in [2.75, 3.05) is 13.7 Å². The first-order valence-corrected chi connectivity index (χ1v) is 8.20. The third-order valence-electron chi connectivity index (χ3n) is 4.37. The standard InChI is InChI=1S/C18H24FNO3/c1-23-17(21)11-12-20(13-14-7-9-16(19)10-8-14)18(22)15-5-3-2-4-6-15/h7-10,15H,2-6,11-13H2,1H3. The fourth-order valence-corrected chi connectivity index (χ4v) is 3.01. The maximum Gasteiger partial charge on any atom is 0.307 e. The quantitative estimate of drug-likeness (QED) is 0.755. The molecule has 0 radical (unpaired) electrons. The summed E-state index contributed by atoms with van der Waals surface area (Å²) in [5.41, 5.74) is 0.862. The Morgan fingerprint density at radius 3 is 2.43 bits per heavy atom. The van der Waals surface area contributed by atoms with Gasteiger partial charge >= 0.3 is 5.97 Å². The number of carbonyl (C=O) groups excluding carboxylic acids is 2. The maximum absolute atomic E-state index is 13.0. The summed E-state index contributed by atoms with van der Waals surface area (Å²) in [6, 6.07) is 6.13. The third kappa shape index (κ3) is 5.34. The third-order valence-corrected chi connectivity index (χ3v) is 4.37. The number of halogens is 1. The van der Waals surface area contributed by atoms with Crippen LogP contribution in [0.25, 0.3) is 0 Å². The van der Waals surface area contributed by atoms with Crippen LogP contribution in [0, 0.1) is 11.7 Å². The Hall–Kier alpha value is -1.91. The van der Waals surface area contributed by atoms with Crippen molar-refractivity contribution in [3.8, 4) is 0 Å². The van der Waals surface area contributed by atoms with E-state index in [1.54, 1.807) is 17.0 Å². The number of hydrogen-bond acceptors (Lipinski definition) is 3. The Balaban J connectivity index is 2.04. The van der Waals surface area contributed by atoms with Crippen molar-refractivity contribution in [2.45, 2.75) is 45.1 Å². The highest BCUT2D eigenvalue weighted by Gasteiger charge is 2.26. The summed E-state index contributed by atoms with van der Waals surface area (Å²) in [5.74, 6) is -0.487. The highest BCUT2D eigenvalue weighted by atomic mass is 19.1. The van der Waals surface area contributed by atoms with Gasteiger partial charge in [-0.05, 0) is 30.5 Å². The van der Waals surface area contributed by atoms with Gasteiger partial charge in [-0.3, -0.25) is 9.59 Å². The molecule has 0 spiro atoms. The molecule has 2 rings (SSSR count). The second-order valence-electron chi connectivity index (χ2n) is 6.05. The summed E-state index contributed by atoms with van der Waals surface area (Å²) in [7, 11) is 1.34. The van der Waals surface area contributed by atoms with E-state index >= 15 is 0 Å². The molecule has 1 saturated carbocycles.